The van der Waals surface area contributed by atoms with Gasteiger partial charge in [0.1, 0.15) is 5.82 Å². The summed E-state index contributed by atoms with van der Waals surface area (Å²) in [5, 5.41) is 18.9. The molecule has 2 N–H and O–H groups in total. The Labute approximate surface area is 108 Å². The van der Waals surface area contributed by atoms with Crippen molar-refractivity contribution in [3.05, 3.63) is 35.6 Å². The number of rotatable bonds is 8. The molecule has 0 aliphatic carbocycles. The summed E-state index contributed by atoms with van der Waals surface area (Å²) in [6.45, 7) is 4.41. The van der Waals surface area contributed by atoms with Crippen LogP contribution < -0.4 is 0 Å². The molecule has 0 saturated heterocycles. The maximum Gasteiger partial charge on any atom is 0.123 e. The minimum Gasteiger partial charge on any atom is -0.395 e. The molecule has 0 heterocycles. The summed E-state index contributed by atoms with van der Waals surface area (Å²) in [6.07, 6.45) is 0.901. The first kappa shape index (κ1) is 15.1. The van der Waals surface area contributed by atoms with Crippen LogP contribution in [0.4, 0.5) is 4.39 Å². The van der Waals surface area contributed by atoms with Gasteiger partial charge in [0.25, 0.3) is 0 Å². The van der Waals surface area contributed by atoms with E-state index in [9.17, 15) is 9.50 Å². The molecular formula is C14H22FNO2. The first-order valence-electron chi connectivity index (χ1n) is 6.44. The monoisotopic (exact) mass is 255 g/mol. The summed E-state index contributed by atoms with van der Waals surface area (Å²) < 4.78 is 13.0. The predicted octanol–water partition coefficient (Wildman–Crippen LogP) is 1.95. The van der Waals surface area contributed by atoms with E-state index in [1.165, 1.54) is 12.1 Å². The number of benzene rings is 1. The highest BCUT2D eigenvalue weighted by Gasteiger charge is 2.11. The Morgan fingerprint density at radius 2 is 2.06 bits per heavy atom. The first-order chi connectivity index (χ1) is 8.67. The maximum atomic E-state index is 13.0. The molecule has 1 unspecified atom stereocenters. The average molecular weight is 255 g/mol. The van der Waals surface area contributed by atoms with Gasteiger partial charge in [-0.3, -0.25) is 0 Å². The largest absolute Gasteiger partial charge is 0.395 e. The van der Waals surface area contributed by atoms with Gasteiger partial charge in [0.15, 0.2) is 0 Å². The van der Waals surface area contributed by atoms with Crippen LogP contribution in [0.25, 0.3) is 0 Å². The predicted molar refractivity (Wildman–Crippen MR) is 69.8 cm³/mol. The molecule has 0 aliphatic heterocycles. The lowest BCUT2D eigenvalue weighted by molar-refractivity contribution is 0.130. The Morgan fingerprint density at radius 3 is 2.67 bits per heavy atom. The van der Waals surface area contributed by atoms with Crippen LogP contribution in [-0.4, -0.2) is 41.4 Å². The van der Waals surface area contributed by atoms with E-state index in [-0.39, 0.29) is 12.4 Å². The van der Waals surface area contributed by atoms with E-state index in [1.54, 1.807) is 12.1 Å². The van der Waals surface area contributed by atoms with E-state index >= 15 is 0 Å². The van der Waals surface area contributed by atoms with E-state index in [1.807, 2.05) is 0 Å². The van der Waals surface area contributed by atoms with Gasteiger partial charge in [-0.25, -0.2) is 4.39 Å². The van der Waals surface area contributed by atoms with Gasteiger partial charge in [-0.05, 0) is 37.1 Å². The second-order valence-corrected chi connectivity index (χ2v) is 4.42. The van der Waals surface area contributed by atoms with E-state index in [2.05, 4.69) is 11.8 Å². The van der Waals surface area contributed by atoms with E-state index in [0.29, 0.717) is 25.1 Å². The second kappa shape index (κ2) is 8.19. The highest BCUT2D eigenvalue weighted by Crippen LogP contribution is 2.17. The second-order valence-electron chi connectivity index (χ2n) is 4.42. The van der Waals surface area contributed by atoms with E-state index in [4.69, 9.17) is 5.11 Å². The number of hydrogen-bond acceptors (Lipinski definition) is 3. The van der Waals surface area contributed by atoms with Gasteiger partial charge >= 0.3 is 0 Å². The van der Waals surface area contributed by atoms with Crippen LogP contribution in [0, 0.1) is 5.82 Å². The molecule has 4 heteroatoms. The highest BCUT2D eigenvalue weighted by molar-refractivity contribution is 5.18. The number of nitrogens with zero attached hydrogens (tertiary/aromatic N) is 1. The van der Waals surface area contributed by atoms with Crippen LogP contribution in [0.1, 0.15) is 31.4 Å². The number of aliphatic hydroxyl groups is 2. The molecule has 0 fully saturated rings. The van der Waals surface area contributed by atoms with Crippen molar-refractivity contribution in [1.29, 1.82) is 0 Å². The summed E-state index contributed by atoms with van der Waals surface area (Å²) in [7, 11) is 0. The topological polar surface area (TPSA) is 43.7 Å². The molecule has 0 aromatic heterocycles. The van der Waals surface area contributed by atoms with Crippen LogP contribution in [0.3, 0.4) is 0 Å². The summed E-state index contributed by atoms with van der Waals surface area (Å²) in [5.74, 6) is -0.327. The van der Waals surface area contributed by atoms with Crippen molar-refractivity contribution in [2.75, 3.05) is 26.2 Å². The normalized spacial score (nSPS) is 12.9. The minimum absolute atomic E-state index is 0.121. The van der Waals surface area contributed by atoms with Gasteiger partial charge in [0.2, 0.25) is 0 Å². The zero-order valence-electron chi connectivity index (χ0n) is 10.8. The maximum absolute atomic E-state index is 13.0. The molecule has 0 saturated carbocycles. The Bertz CT molecular complexity index is 340. The van der Waals surface area contributed by atoms with Gasteiger partial charge in [-0.2, -0.15) is 0 Å². The summed E-state index contributed by atoms with van der Waals surface area (Å²) >= 11 is 0. The third-order valence-corrected chi connectivity index (χ3v) is 2.91. The molecule has 1 rings (SSSR count). The molecule has 0 spiro atoms. The Kier molecular flexibility index (Phi) is 6.86. The molecule has 1 atom stereocenters. The van der Waals surface area contributed by atoms with Crippen molar-refractivity contribution in [2.24, 2.45) is 0 Å². The third kappa shape index (κ3) is 5.12. The number of halogens is 1. The van der Waals surface area contributed by atoms with Gasteiger partial charge in [0.05, 0.1) is 12.7 Å². The highest BCUT2D eigenvalue weighted by atomic mass is 19.1. The fourth-order valence-corrected chi connectivity index (χ4v) is 1.98. The summed E-state index contributed by atoms with van der Waals surface area (Å²) in [4.78, 5) is 2.10. The molecule has 0 amide bonds. The van der Waals surface area contributed by atoms with Gasteiger partial charge in [-0.1, -0.05) is 19.1 Å². The average Bonchev–Trinajstić information content (AvgIpc) is 2.36. The van der Waals surface area contributed by atoms with Crippen molar-refractivity contribution in [3.63, 3.8) is 0 Å². The zero-order chi connectivity index (χ0) is 13.4. The van der Waals surface area contributed by atoms with Gasteiger partial charge in [-0.15, -0.1) is 0 Å². The third-order valence-electron chi connectivity index (χ3n) is 2.91. The van der Waals surface area contributed by atoms with Crippen molar-refractivity contribution >= 4 is 0 Å². The van der Waals surface area contributed by atoms with Crippen molar-refractivity contribution in [1.82, 2.24) is 4.90 Å². The lowest BCUT2D eigenvalue weighted by Crippen LogP contribution is -2.29. The number of aliphatic hydroxyl groups excluding tert-OH is 2. The Hall–Kier alpha value is -0.970. The quantitative estimate of drug-likeness (QED) is 0.746. The molecule has 0 aliphatic rings. The number of hydrogen-bond donors (Lipinski definition) is 2. The molecule has 1 aromatic carbocycles. The molecule has 102 valence electrons. The van der Waals surface area contributed by atoms with Gasteiger partial charge in [0, 0.05) is 13.1 Å². The molecular weight excluding hydrogens is 233 g/mol. The van der Waals surface area contributed by atoms with Crippen LogP contribution >= 0.6 is 0 Å². The molecule has 3 nitrogen and oxygen atoms in total. The van der Waals surface area contributed by atoms with Gasteiger partial charge < -0.3 is 15.1 Å². The summed E-state index contributed by atoms with van der Waals surface area (Å²) in [5.41, 5.74) is 0.607. The minimum atomic E-state index is -0.654. The molecule has 1 aromatic rings. The van der Waals surface area contributed by atoms with Crippen LogP contribution in [0.5, 0.6) is 0 Å². The molecule has 18 heavy (non-hydrogen) atoms. The smallest absolute Gasteiger partial charge is 0.123 e. The van der Waals surface area contributed by atoms with Crippen molar-refractivity contribution in [3.8, 4) is 0 Å². The van der Waals surface area contributed by atoms with E-state index < -0.39 is 6.10 Å². The molecule has 0 bridgehead atoms. The Morgan fingerprint density at radius 1 is 1.28 bits per heavy atom. The van der Waals surface area contributed by atoms with Crippen LogP contribution in [0.2, 0.25) is 0 Å². The fraction of sp³-hybridized carbons (Fsp3) is 0.571. The van der Waals surface area contributed by atoms with Crippen LogP contribution in [-0.2, 0) is 0 Å². The lowest BCUT2D eigenvalue weighted by atomic mass is 10.1. The standard InChI is InChI=1S/C14H22FNO2/c1-2-7-16(9-10-17)8-6-14(18)12-4-3-5-13(15)11-12/h3-5,11,14,17-18H,2,6-10H2,1H3. The molecule has 0 radical (unpaired) electrons. The summed E-state index contributed by atoms with van der Waals surface area (Å²) in [6, 6.07) is 6.06. The van der Waals surface area contributed by atoms with Crippen molar-refractivity contribution < 1.29 is 14.6 Å². The fourth-order valence-electron chi connectivity index (χ4n) is 1.98. The van der Waals surface area contributed by atoms with Crippen LogP contribution in [0.15, 0.2) is 24.3 Å². The lowest BCUT2D eigenvalue weighted by Gasteiger charge is -2.22. The SMILES string of the molecule is CCCN(CCO)CCC(O)c1cccc(F)c1. The van der Waals surface area contributed by atoms with E-state index in [0.717, 1.165) is 13.0 Å². The first-order valence-corrected chi connectivity index (χ1v) is 6.44. The Balaban J connectivity index is 2.46. The van der Waals surface area contributed by atoms with Crippen molar-refractivity contribution in [2.45, 2.75) is 25.9 Å². The zero-order valence-corrected chi connectivity index (χ0v) is 10.8.